The van der Waals surface area contributed by atoms with Gasteiger partial charge in [0.05, 0.1) is 33.1 Å². The Bertz CT molecular complexity index is 3510. The quantitative estimate of drug-likeness (QED) is 0.185. The minimum atomic E-state index is 0.810. The van der Waals surface area contributed by atoms with Gasteiger partial charge in [-0.05, 0) is 86.9 Å². The monoisotopic (exact) mass is 686 g/mol. The molecule has 0 amide bonds. The zero-order valence-electron chi connectivity index (χ0n) is 29.1. The summed E-state index contributed by atoms with van der Waals surface area (Å²) >= 11 is 0. The van der Waals surface area contributed by atoms with Gasteiger partial charge < -0.3 is 4.57 Å². The molecular weight excluding hydrogens is 657 g/mol. The van der Waals surface area contributed by atoms with Gasteiger partial charge in [0, 0.05) is 32.8 Å². The first kappa shape index (κ1) is 29.3. The summed E-state index contributed by atoms with van der Waals surface area (Å²) < 4.78 is 4.78. The van der Waals surface area contributed by atoms with Gasteiger partial charge in [-0.2, -0.15) is 0 Å². The maximum absolute atomic E-state index is 5.47. The summed E-state index contributed by atoms with van der Waals surface area (Å²) in [4.78, 5) is 10.9. The number of fused-ring (bicyclic) bond motifs is 11. The highest BCUT2D eigenvalue weighted by atomic mass is 15.1. The number of para-hydroxylation sites is 3. The van der Waals surface area contributed by atoms with Crippen LogP contribution in [-0.4, -0.2) is 19.1 Å². The first-order valence-electron chi connectivity index (χ1n) is 18.4. The van der Waals surface area contributed by atoms with Crippen molar-refractivity contribution in [1.82, 2.24) is 19.1 Å². The Balaban J connectivity index is 1.23. The van der Waals surface area contributed by atoms with E-state index >= 15 is 0 Å². The van der Waals surface area contributed by atoms with Crippen molar-refractivity contribution in [2.75, 3.05) is 0 Å². The fourth-order valence-corrected chi connectivity index (χ4v) is 8.75. The molecular formula is C50H30N4. The van der Waals surface area contributed by atoms with Crippen LogP contribution in [0.15, 0.2) is 182 Å². The average molecular weight is 687 g/mol. The predicted octanol–water partition coefficient (Wildman–Crippen LogP) is 13.0. The van der Waals surface area contributed by atoms with Crippen LogP contribution in [0.3, 0.4) is 0 Å². The number of rotatable bonds is 3. The Hall–Kier alpha value is -7.30. The molecule has 0 fully saturated rings. The fourth-order valence-electron chi connectivity index (χ4n) is 8.75. The van der Waals surface area contributed by atoms with Gasteiger partial charge in [0.25, 0.3) is 0 Å². The minimum Gasteiger partial charge on any atom is -0.309 e. The molecule has 4 heteroatoms. The van der Waals surface area contributed by atoms with Crippen LogP contribution >= 0.6 is 0 Å². The lowest BCUT2D eigenvalue weighted by Gasteiger charge is -2.15. The molecule has 0 bridgehead atoms. The van der Waals surface area contributed by atoms with Crippen LogP contribution < -0.4 is 0 Å². The highest BCUT2D eigenvalue weighted by molar-refractivity contribution is 6.22. The molecule has 0 aliphatic carbocycles. The lowest BCUT2D eigenvalue weighted by molar-refractivity contribution is 1.08. The van der Waals surface area contributed by atoms with Crippen LogP contribution in [0.5, 0.6) is 0 Å². The van der Waals surface area contributed by atoms with Crippen molar-refractivity contribution in [3.8, 4) is 22.8 Å². The third-order valence-electron chi connectivity index (χ3n) is 11.2. The molecule has 12 aromatic rings. The van der Waals surface area contributed by atoms with Crippen molar-refractivity contribution in [2.45, 2.75) is 0 Å². The first-order valence-corrected chi connectivity index (χ1v) is 18.4. The molecule has 0 aliphatic heterocycles. The first-order chi connectivity index (χ1) is 26.8. The van der Waals surface area contributed by atoms with Gasteiger partial charge in [0.15, 0.2) is 5.82 Å². The molecule has 0 saturated heterocycles. The summed E-state index contributed by atoms with van der Waals surface area (Å²) in [7, 11) is 0. The van der Waals surface area contributed by atoms with Gasteiger partial charge in [-0.15, -0.1) is 0 Å². The molecule has 4 nitrogen and oxygen atoms in total. The van der Waals surface area contributed by atoms with E-state index in [1.807, 2.05) is 12.1 Å². The highest BCUT2D eigenvalue weighted by Gasteiger charge is 2.22. The average Bonchev–Trinajstić information content (AvgIpc) is 3.74. The Kier molecular flexibility index (Phi) is 6.02. The predicted molar refractivity (Wildman–Crippen MR) is 226 cm³/mol. The third kappa shape index (κ3) is 4.19. The molecule has 0 saturated carbocycles. The molecule has 0 aliphatic rings. The number of nitrogens with zero attached hydrogens (tertiary/aromatic N) is 4. The summed E-state index contributed by atoms with van der Waals surface area (Å²) in [5.41, 5.74) is 9.24. The van der Waals surface area contributed by atoms with Crippen molar-refractivity contribution in [1.29, 1.82) is 0 Å². The van der Waals surface area contributed by atoms with Crippen LogP contribution in [0.2, 0.25) is 0 Å². The van der Waals surface area contributed by atoms with Gasteiger partial charge in [0.1, 0.15) is 5.69 Å². The molecule has 0 N–H and O–H groups in total. The minimum absolute atomic E-state index is 0.810. The fraction of sp³-hybridized carbons (Fsp3) is 0. The van der Waals surface area contributed by atoms with Crippen LogP contribution in [0.1, 0.15) is 0 Å². The second-order valence-electron chi connectivity index (χ2n) is 14.2. The number of benzene rings is 9. The van der Waals surface area contributed by atoms with Gasteiger partial charge in [-0.25, -0.2) is 9.97 Å². The summed E-state index contributed by atoms with van der Waals surface area (Å²) in [6.45, 7) is 0. The van der Waals surface area contributed by atoms with Gasteiger partial charge in [-0.1, -0.05) is 127 Å². The molecule has 0 spiro atoms. The Labute approximate surface area is 309 Å². The second-order valence-corrected chi connectivity index (χ2v) is 14.2. The lowest BCUT2D eigenvalue weighted by Crippen LogP contribution is -2.04. The van der Waals surface area contributed by atoms with E-state index in [0.717, 1.165) is 44.8 Å². The van der Waals surface area contributed by atoms with Gasteiger partial charge >= 0.3 is 0 Å². The molecule has 0 atom stereocenters. The number of aromatic nitrogens is 4. The zero-order valence-corrected chi connectivity index (χ0v) is 29.1. The van der Waals surface area contributed by atoms with Crippen molar-refractivity contribution < 1.29 is 0 Å². The van der Waals surface area contributed by atoms with Crippen molar-refractivity contribution in [3.05, 3.63) is 182 Å². The van der Waals surface area contributed by atoms with E-state index in [9.17, 15) is 0 Å². The lowest BCUT2D eigenvalue weighted by atomic mass is 10.0. The number of hydrogen-bond donors (Lipinski definition) is 0. The smallest absolute Gasteiger partial charge is 0.165 e. The molecule has 3 heterocycles. The molecule has 12 rings (SSSR count). The second kappa shape index (κ2) is 11.1. The highest BCUT2D eigenvalue weighted by Crippen LogP contribution is 2.42. The van der Waals surface area contributed by atoms with Gasteiger partial charge in [-0.3, -0.25) is 4.57 Å². The van der Waals surface area contributed by atoms with Crippen LogP contribution in [0, 0.1) is 0 Å². The molecule has 0 unspecified atom stereocenters. The summed E-state index contributed by atoms with van der Waals surface area (Å²) in [5, 5.41) is 12.1. The Morgan fingerprint density at radius 2 is 0.963 bits per heavy atom. The van der Waals surface area contributed by atoms with E-state index in [-0.39, 0.29) is 0 Å². The Morgan fingerprint density at radius 1 is 0.333 bits per heavy atom. The number of hydrogen-bond acceptors (Lipinski definition) is 2. The largest absolute Gasteiger partial charge is 0.309 e. The molecule has 9 aromatic carbocycles. The maximum Gasteiger partial charge on any atom is 0.165 e. The van der Waals surface area contributed by atoms with Crippen LogP contribution in [0.25, 0.3) is 110 Å². The van der Waals surface area contributed by atoms with E-state index in [1.165, 1.54) is 64.9 Å². The summed E-state index contributed by atoms with van der Waals surface area (Å²) in [6.07, 6.45) is 0. The topological polar surface area (TPSA) is 35.6 Å². The summed E-state index contributed by atoms with van der Waals surface area (Å²) in [5.74, 6) is 0.810. The molecule has 250 valence electrons. The standard InChI is InChI=1S/C50H30N4/c1-2-13-33-27-36(22-21-31(33)11-1)49-50(52-43-19-9-8-18-42(43)51-49)54-45-26-23-32-12-5-6-16-38(32)48(45)40-25-24-37(30-47(40)54)53-44-20-10-7-17-39(44)41-28-34-14-3-4-15-35(34)29-46(41)53/h1-30H. The van der Waals surface area contributed by atoms with E-state index in [2.05, 4.69) is 179 Å². The summed E-state index contributed by atoms with van der Waals surface area (Å²) in [6, 6.07) is 65.5. The van der Waals surface area contributed by atoms with Crippen molar-refractivity contribution in [2.24, 2.45) is 0 Å². The molecule has 0 radical (unpaired) electrons. The Morgan fingerprint density at radius 3 is 1.80 bits per heavy atom. The van der Waals surface area contributed by atoms with Crippen molar-refractivity contribution >= 4 is 87.0 Å². The maximum atomic E-state index is 5.47. The van der Waals surface area contributed by atoms with E-state index in [4.69, 9.17) is 9.97 Å². The van der Waals surface area contributed by atoms with Crippen LogP contribution in [-0.2, 0) is 0 Å². The SMILES string of the molecule is c1ccc2cc(-c3nc4ccccc4nc3-n3c4cc(-n5c6ccccc6c6cc7ccccc7cc65)ccc4c4c5ccccc5ccc43)ccc2c1. The third-order valence-corrected chi connectivity index (χ3v) is 11.2. The van der Waals surface area contributed by atoms with E-state index < -0.39 is 0 Å². The van der Waals surface area contributed by atoms with Crippen LogP contribution in [0.4, 0.5) is 0 Å². The van der Waals surface area contributed by atoms with E-state index in [1.54, 1.807) is 0 Å². The molecule has 3 aromatic heterocycles. The molecule has 54 heavy (non-hydrogen) atoms. The van der Waals surface area contributed by atoms with Crippen molar-refractivity contribution in [3.63, 3.8) is 0 Å². The normalized spacial score (nSPS) is 12.1. The van der Waals surface area contributed by atoms with E-state index in [0.29, 0.717) is 0 Å². The van der Waals surface area contributed by atoms with Gasteiger partial charge in [0.2, 0.25) is 0 Å². The zero-order chi connectivity index (χ0) is 35.3.